The van der Waals surface area contributed by atoms with Crippen molar-refractivity contribution < 1.29 is 23.9 Å². The van der Waals surface area contributed by atoms with Crippen molar-refractivity contribution in [3.8, 4) is 0 Å². The summed E-state index contributed by atoms with van der Waals surface area (Å²) in [6, 6.07) is 20.3. The smallest absolute Gasteiger partial charge is 0.338 e. The molecule has 1 aliphatic rings. The van der Waals surface area contributed by atoms with Crippen LogP contribution in [0.25, 0.3) is 0 Å². The van der Waals surface area contributed by atoms with Gasteiger partial charge >= 0.3 is 5.97 Å². The Morgan fingerprint density at radius 2 is 1.60 bits per heavy atom. The van der Waals surface area contributed by atoms with Crippen LogP contribution in [-0.4, -0.2) is 36.8 Å². The Morgan fingerprint density at radius 1 is 0.925 bits per heavy atom. The summed E-state index contributed by atoms with van der Waals surface area (Å²) >= 11 is 6.26. The Kier molecular flexibility index (Phi) is 9.01. The van der Waals surface area contributed by atoms with Gasteiger partial charge in [-0.15, -0.1) is 0 Å². The largest absolute Gasteiger partial charge is 0.462 e. The van der Waals surface area contributed by atoms with E-state index in [4.69, 9.17) is 16.3 Å². The minimum absolute atomic E-state index is 0.0799. The predicted octanol–water partition coefficient (Wildman–Crippen LogP) is 6.05. The number of carbonyl (C=O) groups is 4. The van der Waals surface area contributed by atoms with E-state index in [-0.39, 0.29) is 22.3 Å². The van der Waals surface area contributed by atoms with Crippen molar-refractivity contribution in [3.05, 3.63) is 100 Å². The molecule has 0 bridgehead atoms. The number of ether oxygens (including phenoxy) is 1. The molecule has 0 aliphatic carbocycles. The number of unbranched alkanes of at least 4 members (excludes halogenated alkanes) is 1. The lowest BCUT2D eigenvalue weighted by Crippen LogP contribution is -2.32. The standard InChI is InChI=1S/C31H30ClN3O5/c1-4-6-18-40-31(39)22-12-16-24(17-13-22)35-29(37)26(32)27(30(35)38)33-23-14-10-21(11-15-23)28(36)34(5-2)25-9-7-8-20(3)19-25/h7-17,19,33H,4-6,18H2,1-3H3. The average Bonchev–Trinajstić information content (AvgIpc) is 3.16. The molecule has 0 radical (unpaired) electrons. The van der Waals surface area contributed by atoms with Crippen LogP contribution in [0.2, 0.25) is 0 Å². The average molecular weight is 560 g/mol. The van der Waals surface area contributed by atoms with Crippen LogP contribution in [0.3, 0.4) is 0 Å². The van der Waals surface area contributed by atoms with E-state index in [1.165, 1.54) is 24.3 Å². The van der Waals surface area contributed by atoms with Gasteiger partial charge in [-0.1, -0.05) is 37.1 Å². The summed E-state index contributed by atoms with van der Waals surface area (Å²) in [5.41, 5.74) is 3.32. The number of amides is 3. The Hall–Kier alpha value is -4.43. The maximum atomic E-state index is 13.2. The zero-order chi connectivity index (χ0) is 28.8. The lowest BCUT2D eigenvalue weighted by molar-refractivity contribution is -0.120. The fourth-order valence-electron chi connectivity index (χ4n) is 4.22. The summed E-state index contributed by atoms with van der Waals surface area (Å²) in [6.45, 7) is 6.70. The number of hydrogen-bond donors (Lipinski definition) is 1. The molecule has 0 saturated heterocycles. The molecule has 3 aromatic carbocycles. The summed E-state index contributed by atoms with van der Waals surface area (Å²) < 4.78 is 5.20. The highest BCUT2D eigenvalue weighted by molar-refractivity contribution is 6.53. The van der Waals surface area contributed by atoms with E-state index in [9.17, 15) is 19.2 Å². The van der Waals surface area contributed by atoms with E-state index >= 15 is 0 Å². The second kappa shape index (κ2) is 12.6. The van der Waals surface area contributed by atoms with Gasteiger partial charge in [0.1, 0.15) is 10.7 Å². The molecule has 4 rings (SSSR count). The molecule has 0 saturated carbocycles. The number of nitrogens with one attached hydrogen (secondary N) is 1. The minimum Gasteiger partial charge on any atom is -0.462 e. The van der Waals surface area contributed by atoms with Gasteiger partial charge in [0.05, 0.1) is 17.9 Å². The molecule has 1 heterocycles. The first-order valence-corrected chi connectivity index (χ1v) is 13.4. The molecule has 1 N–H and O–H groups in total. The monoisotopic (exact) mass is 559 g/mol. The predicted molar refractivity (Wildman–Crippen MR) is 156 cm³/mol. The summed E-state index contributed by atoms with van der Waals surface area (Å²) in [4.78, 5) is 54.0. The van der Waals surface area contributed by atoms with Crippen LogP contribution in [0.5, 0.6) is 0 Å². The quantitative estimate of drug-likeness (QED) is 0.184. The van der Waals surface area contributed by atoms with Crippen molar-refractivity contribution in [2.45, 2.75) is 33.6 Å². The number of hydrogen-bond acceptors (Lipinski definition) is 6. The summed E-state index contributed by atoms with van der Waals surface area (Å²) in [7, 11) is 0. The highest BCUT2D eigenvalue weighted by atomic mass is 35.5. The topological polar surface area (TPSA) is 96.0 Å². The van der Waals surface area contributed by atoms with Crippen molar-refractivity contribution in [1.82, 2.24) is 0 Å². The molecule has 206 valence electrons. The van der Waals surface area contributed by atoms with Gasteiger partial charge in [0, 0.05) is 23.5 Å². The van der Waals surface area contributed by atoms with Crippen LogP contribution < -0.4 is 15.1 Å². The van der Waals surface area contributed by atoms with Crippen LogP contribution in [-0.2, 0) is 14.3 Å². The SMILES string of the molecule is CCCCOC(=O)c1ccc(N2C(=O)C(Cl)=C(Nc3ccc(C(=O)N(CC)c4cccc(C)c4)cc3)C2=O)cc1. The second-order valence-corrected chi connectivity index (χ2v) is 9.64. The molecule has 0 aromatic heterocycles. The Labute approximate surface area is 238 Å². The molecule has 8 nitrogen and oxygen atoms in total. The maximum absolute atomic E-state index is 13.2. The molecule has 0 fully saturated rings. The lowest BCUT2D eigenvalue weighted by atomic mass is 10.1. The van der Waals surface area contributed by atoms with E-state index in [1.807, 2.05) is 45.0 Å². The summed E-state index contributed by atoms with van der Waals surface area (Å²) in [5, 5.41) is 2.65. The summed E-state index contributed by atoms with van der Waals surface area (Å²) in [5.74, 6) is -1.95. The van der Waals surface area contributed by atoms with E-state index in [0.29, 0.717) is 30.0 Å². The van der Waals surface area contributed by atoms with Gasteiger partial charge in [0.25, 0.3) is 17.7 Å². The molecule has 3 aromatic rings. The number of aryl methyl sites for hydroxylation is 1. The maximum Gasteiger partial charge on any atom is 0.338 e. The summed E-state index contributed by atoms with van der Waals surface area (Å²) in [6.07, 6.45) is 1.67. The zero-order valence-electron chi connectivity index (χ0n) is 22.6. The number of benzene rings is 3. The van der Waals surface area contributed by atoms with Gasteiger partial charge in [-0.05, 0) is 86.5 Å². The highest BCUT2D eigenvalue weighted by Crippen LogP contribution is 2.30. The molecule has 0 atom stereocenters. The first-order valence-electron chi connectivity index (χ1n) is 13.1. The van der Waals surface area contributed by atoms with Gasteiger partial charge < -0.3 is 15.0 Å². The highest BCUT2D eigenvalue weighted by Gasteiger charge is 2.39. The number of anilines is 3. The van der Waals surface area contributed by atoms with Crippen LogP contribution in [0.1, 0.15) is 53.0 Å². The molecular weight excluding hydrogens is 530 g/mol. The molecular formula is C31H30ClN3O5. The third kappa shape index (κ3) is 6.07. The second-order valence-electron chi connectivity index (χ2n) is 9.26. The van der Waals surface area contributed by atoms with E-state index < -0.39 is 17.8 Å². The van der Waals surface area contributed by atoms with Crippen LogP contribution in [0, 0.1) is 6.92 Å². The van der Waals surface area contributed by atoms with Crippen molar-refractivity contribution in [3.63, 3.8) is 0 Å². The van der Waals surface area contributed by atoms with Crippen LogP contribution >= 0.6 is 11.6 Å². The number of halogens is 1. The normalized spacial score (nSPS) is 13.1. The van der Waals surface area contributed by atoms with Gasteiger partial charge in [0.2, 0.25) is 0 Å². The van der Waals surface area contributed by atoms with E-state index in [2.05, 4.69) is 5.32 Å². The number of esters is 1. The van der Waals surface area contributed by atoms with Gasteiger partial charge in [-0.25, -0.2) is 9.69 Å². The molecule has 1 aliphatic heterocycles. The fourth-order valence-corrected chi connectivity index (χ4v) is 4.43. The van der Waals surface area contributed by atoms with Gasteiger partial charge in [0.15, 0.2) is 0 Å². The number of carbonyl (C=O) groups excluding carboxylic acids is 4. The van der Waals surface area contributed by atoms with Gasteiger partial charge in [-0.3, -0.25) is 14.4 Å². The fraction of sp³-hybridized carbons (Fsp3) is 0.226. The van der Waals surface area contributed by atoms with Gasteiger partial charge in [-0.2, -0.15) is 0 Å². The first kappa shape index (κ1) is 28.6. The Balaban J connectivity index is 1.45. The molecule has 0 spiro atoms. The third-order valence-electron chi connectivity index (χ3n) is 6.40. The Morgan fingerprint density at radius 3 is 2.23 bits per heavy atom. The van der Waals surface area contributed by atoms with Crippen molar-refractivity contribution in [2.75, 3.05) is 28.3 Å². The van der Waals surface area contributed by atoms with E-state index in [0.717, 1.165) is 29.0 Å². The Bertz CT molecular complexity index is 1470. The van der Waals surface area contributed by atoms with Crippen LogP contribution in [0.4, 0.5) is 17.1 Å². The zero-order valence-corrected chi connectivity index (χ0v) is 23.3. The molecule has 9 heteroatoms. The minimum atomic E-state index is -0.684. The van der Waals surface area contributed by atoms with Crippen molar-refractivity contribution >= 4 is 52.4 Å². The van der Waals surface area contributed by atoms with Crippen LogP contribution in [0.15, 0.2) is 83.5 Å². The lowest BCUT2D eigenvalue weighted by Gasteiger charge is -2.21. The number of nitrogens with zero attached hydrogens (tertiary/aromatic N) is 2. The van der Waals surface area contributed by atoms with Crippen molar-refractivity contribution in [1.29, 1.82) is 0 Å². The van der Waals surface area contributed by atoms with Crippen molar-refractivity contribution in [2.24, 2.45) is 0 Å². The molecule has 3 amide bonds. The molecule has 40 heavy (non-hydrogen) atoms. The first-order chi connectivity index (χ1) is 19.2. The number of imide groups is 1. The van der Waals surface area contributed by atoms with E-state index in [1.54, 1.807) is 29.2 Å². The molecule has 0 unspecified atom stereocenters. The number of rotatable bonds is 10. The third-order valence-corrected chi connectivity index (χ3v) is 6.75.